The minimum Gasteiger partial charge on any atom is -0.322 e. The lowest BCUT2D eigenvalue weighted by molar-refractivity contribution is -0.383. The van der Waals surface area contributed by atoms with Crippen molar-refractivity contribution < 1.29 is 9.72 Å². The average Bonchev–Trinajstić information content (AvgIpc) is 2.41. The van der Waals surface area contributed by atoms with Gasteiger partial charge < -0.3 is 10.2 Å². The van der Waals surface area contributed by atoms with E-state index < -0.39 is 4.92 Å². The third-order valence-corrected chi connectivity index (χ3v) is 3.70. The molecule has 0 radical (unpaired) electrons. The number of carbonyl (C=O) groups excluding carboxylic acids is 1. The fourth-order valence-electron chi connectivity index (χ4n) is 2.35. The van der Waals surface area contributed by atoms with Crippen molar-refractivity contribution in [2.24, 2.45) is 0 Å². The third-order valence-electron chi connectivity index (χ3n) is 3.46. The van der Waals surface area contributed by atoms with Gasteiger partial charge in [-0.1, -0.05) is 11.6 Å². The lowest BCUT2D eigenvalue weighted by Crippen LogP contribution is -2.44. The van der Waals surface area contributed by atoms with E-state index in [1.165, 1.54) is 18.2 Å². The van der Waals surface area contributed by atoms with Crippen molar-refractivity contribution in [3.05, 3.63) is 33.3 Å². The highest BCUT2D eigenvalue weighted by Gasteiger charge is 2.25. The van der Waals surface area contributed by atoms with Crippen LogP contribution < -0.4 is 5.32 Å². The maximum Gasteiger partial charge on any atom is 0.322 e. The molecule has 20 heavy (non-hydrogen) atoms. The molecule has 6 nitrogen and oxygen atoms in total. The Kier molecular flexibility index (Phi) is 4.44. The SMILES string of the molecule is CC1CCCCN1C(=O)Nc1ccc(Cl)cc1[N+](=O)[O-]. The number of anilines is 1. The Hall–Kier alpha value is -1.82. The van der Waals surface area contributed by atoms with Crippen LogP contribution in [-0.2, 0) is 0 Å². The number of likely N-dealkylation sites (tertiary alicyclic amines) is 1. The van der Waals surface area contributed by atoms with E-state index in [0.29, 0.717) is 6.54 Å². The number of piperidine rings is 1. The first-order valence-corrected chi connectivity index (χ1v) is 6.88. The number of rotatable bonds is 2. The van der Waals surface area contributed by atoms with Gasteiger partial charge >= 0.3 is 6.03 Å². The lowest BCUT2D eigenvalue weighted by Gasteiger charge is -2.33. The summed E-state index contributed by atoms with van der Waals surface area (Å²) < 4.78 is 0. The number of benzene rings is 1. The number of urea groups is 1. The molecule has 1 saturated heterocycles. The molecule has 1 aromatic carbocycles. The summed E-state index contributed by atoms with van der Waals surface area (Å²) in [5.74, 6) is 0. The van der Waals surface area contributed by atoms with E-state index in [2.05, 4.69) is 5.32 Å². The molecule has 2 rings (SSSR count). The van der Waals surface area contributed by atoms with Gasteiger partial charge in [-0.2, -0.15) is 0 Å². The summed E-state index contributed by atoms with van der Waals surface area (Å²) in [7, 11) is 0. The standard InChI is InChI=1S/C13H16ClN3O3/c1-9-4-2-3-7-16(9)13(18)15-11-6-5-10(14)8-12(11)17(19)20/h5-6,8-9H,2-4,7H2,1H3,(H,15,18). The number of amides is 2. The van der Waals surface area contributed by atoms with Crippen LogP contribution in [0.1, 0.15) is 26.2 Å². The van der Waals surface area contributed by atoms with Gasteiger partial charge in [0.2, 0.25) is 0 Å². The molecule has 0 spiro atoms. The number of nitrogens with zero attached hydrogens (tertiary/aromatic N) is 2. The Morgan fingerprint density at radius 2 is 2.25 bits per heavy atom. The number of nitrogens with one attached hydrogen (secondary N) is 1. The summed E-state index contributed by atoms with van der Waals surface area (Å²) in [6.07, 6.45) is 3.02. The van der Waals surface area contributed by atoms with Crippen molar-refractivity contribution in [2.75, 3.05) is 11.9 Å². The maximum atomic E-state index is 12.2. The van der Waals surface area contributed by atoms with Crippen molar-refractivity contribution in [1.29, 1.82) is 0 Å². The monoisotopic (exact) mass is 297 g/mol. The first-order valence-electron chi connectivity index (χ1n) is 6.50. The molecule has 1 N–H and O–H groups in total. The van der Waals surface area contributed by atoms with E-state index >= 15 is 0 Å². The van der Waals surface area contributed by atoms with E-state index in [4.69, 9.17) is 11.6 Å². The zero-order chi connectivity index (χ0) is 14.7. The predicted octanol–water partition coefficient (Wildman–Crippen LogP) is 3.65. The van der Waals surface area contributed by atoms with E-state index in [0.717, 1.165) is 19.3 Å². The van der Waals surface area contributed by atoms with Gasteiger partial charge in [-0.15, -0.1) is 0 Å². The highest BCUT2D eigenvalue weighted by molar-refractivity contribution is 6.31. The molecule has 0 aliphatic carbocycles. The maximum absolute atomic E-state index is 12.2. The molecule has 1 atom stereocenters. The number of carbonyl (C=O) groups is 1. The van der Waals surface area contributed by atoms with Crippen LogP contribution in [-0.4, -0.2) is 28.4 Å². The predicted molar refractivity (Wildman–Crippen MR) is 77.1 cm³/mol. The quantitative estimate of drug-likeness (QED) is 0.668. The summed E-state index contributed by atoms with van der Waals surface area (Å²) in [6, 6.07) is 4.05. The van der Waals surface area contributed by atoms with Crippen LogP contribution in [0.5, 0.6) is 0 Å². The van der Waals surface area contributed by atoms with Crippen LogP contribution in [0.2, 0.25) is 5.02 Å². The molecule has 1 aromatic rings. The number of nitro groups is 1. The molecule has 0 aromatic heterocycles. The van der Waals surface area contributed by atoms with Crippen LogP contribution >= 0.6 is 11.6 Å². The second-order valence-electron chi connectivity index (χ2n) is 4.89. The number of halogens is 1. The van der Waals surface area contributed by atoms with Crippen molar-refractivity contribution in [3.63, 3.8) is 0 Å². The second-order valence-corrected chi connectivity index (χ2v) is 5.32. The molecule has 1 aliphatic heterocycles. The molecule has 1 fully saturated rings. The fourth-order valence-corrected chi connectivity index (χ4v) is 2.51. The summed E-state index contributed by atoms with van der Waals surface area (Å²) in [5, 5.41) is 13.8. The Bertz CT molecular complexity index is 536. The smallest absolute Gasteiger partial charge is 0.322 e. The zero-order valence-corrected chi connectivity index (χ0v) is 11.9. The van der Waals surface area contributed by atoms with Gasteiger partial charge in [-0.05, 0) is 38.3 Å². The first-order chi connectivity index (χ1) is 9.49. The fraction of sp³-hybridized carbons (Fsp3) is 0.462. The average molecular weight is 298 g/mol. The van der Waals surface area contributed by atoms with Gasteiger partial charge in [0.1, 0.15) is 5.69 Å². The van der Waals surface area contributed by atoms with Crippen LogP contribution in [0, 0.1) is 10.1 Å². The first kappa shape index (κ1) is 14.6. The Morgan fingerprint density at radius 3 is 2.90 bits per heavy atom. The number of hydrogen-bond donors (Lipinski definition) is 1. The highest BCUT2D eigenvalue weighted by Crippen LogP contribution is 2.28. The number of hydrogen-bond acceptors (Lipinski definition) is 3. The topological polar surface area (TPSA) is 75.5 Å². The Balaban J connectivity index is 2.17. The van der Waals surface area contributed by atoms with Gasteiger partial charge in [0.15, 0.2) is 0 Å². The van der Waals surface area contributed by atoms with Crippen LogP contribution in [0.25, 0.3) is 0 Å². The molecule has 2 amide bonds. The van der Waals surface area contributed by atoms with Crippen molar-refractivity contribution in [2.45, 2.75) is 32.2 Å². The molecule has 0 saturated carbocycles. The van der Waals surface area contributed by atoms with Gasteiger partial charge in [0, 0.05) is 23.7 Å². The van der Waals surface area contributed by atoms with Gasteiger partial charge in [-0.25, -0.2) is 4.79 Å². The molecule has 1 unspecified atom stereocenters. The largest absolute Gasteiger partial charge is 0.322 e. The van der Waals surface area contributed by atoms with Crippen molar-refractivity contribution in [3.8, 4) is 0 Å². The van der Waals surface area contributed by atoms with Crippen molar-refractivity contribution in [1.82, 2.24) is 4.90 Å². The van der Waals surface area contributed by atoms with E-state index in [9.17, 15) is 14.9 Å². The number of nitro benzene ring substituents is 1. The minimum absolute atomic E-state index is 0.148. The summed E-state index contributed by atoms with van der Waals surface area (Å²) in [6.45, 7) is 2.66. The summed E-state index contributed by atoms with van der Waals surface area (Å²) >= 11 is 5.74. The second kappa shape index (κ2) is 6.09. The van der Waals surface area contributed by atoms with Crippen LogP contribution in [0.4, 0.5) is 16.2 Å². The van der Waals surface area contributed by atoms with Crippen LogP contribution in [0.15, 0.2) is 18.2 Å². The normalized spacial score (nSPS) is 18.7. The minimum atomic E-state index is -0.554. The van der Waals surface area contributed by atoms with Crippen molar-refractivity contribution >= 4 is 29.0 Å². The Labute approximate surface area is 121 Å². The zero-order valence-electron chi connectivity index (χ0n) is 11.1. The highest BCUT2D eigenvalue weighted by atomic mass is 35.5. The summed E-state index contributed by atoms with van der Waals surface area (Å²) in [5.41, 5.74) is -0.0299. The van der Waals surface area contributed by atoms with E-state index in [1.807, 2.05) is 6.92 Å². The summed E-state index contributed by atoms with van der Waals surface area (Å²) in [4.78, 5) is 24.3. The lowest BCUT2D eigenvalue weighted by atomic mass is 10.0. The van der Waals surface area contributed by atoms with Crippen LogP contribution in [0.3, 0.4) is 0 Å². The molecule has 1 heterocycles. The molecular weight excluding hydrogens is 282 g/mol. The Morgan fingerprint density at radius 1 is 1.50 bits per heavy atom. The van der Waals surface area contributed by atoms with Gasteiger partial charge in [0.25, 0.3) is 5.69 Å². The van der Waals surface area contributed by atoms with Gasteiger partial charge in [-0.3, -0.25) is 10.1 Å². The molecule has 108 valence electrons. The van der Waals surface area contributed by atoms with E-state index in [-0.39, 0.29) is 28.5 Å². The van der Waals surface area contributed by atoms with E-state index in [1.54, 1.807) is 4.90 Å². The molecule has 7 heteroatoms. The third kappa shape index (κ3) is 3.19. The van der Waals surface area contributed by atoms with Gasteiger partial charge in [0.05, 0.1) is 4.92 Å². The molecule has 0 bridgehead atoms. The molecular formula is C13H16ClN3O3. The molecule has 1 aliphatic rings.